The van der Waals surface area contributed by atoms with Gasteiger partial charge in [-0.25, -0.2) is 9.18 Å². The number of carbonyl (C=O) groups is 1. The maximum absolute atomic E-state index is 14.2. The molecule has 0 heterocycles. The molecular formula is C14H21FN2O4. The fraction of sp³-hybridized carbons (Fsp3) is 0.500. The third-order valence-corrected chi connectivity index (χ3v) is 3.14. The van der Waals surface area contributed by atoms with E-state index >= 15 is 0 Å². The van der Waals surface area contributed by atoms with Crippen molar-refractivity contribution < 1.29 is 23.8 Å². The molecule has 0 aliphatic carbocycles. The van der Waals surface area contributed by atoms with E-state index in [0.717, 1.165) is 6.07 Å². The highest BCUT2D eigenvalue weighted by Gasteiger charge is 2.21. The summed E-state index contributed by atoms with van der Waals surface area (Å²) in [6.07, 6.45) is 0. The minimum Gasteiger partial charge on any atom is -0.478 e. The number of aromatic carboxylic acids is 1. The van der Waals surface area contributed by atoms with Gasteiger partial charge >= 0.3 is 5.97 Å². The first-order valence-corrected chi connectivity index (χ1v) is 6.49. The number of hydrogen-bond donors (Lipinski definition) is 2. The van der Waals surface area contributed by atoms with Crippen LogP contribution in [0.5, 0.6) is 0 Å². The highest BCUT2D eigenvalue weighted by Crippen LogP contribution is 2.27. The zero-order valence-electron chi connectivity index (χ0n) is 12.4. The molecule has 0 aromatic heterocycles. The molecule has 6 nitrogen and oxygen atoms in total. The Morgan fingerprint density at radius 3 is 2.62 bits per heavy atom. The van der Waals surface area contributed by atoms with Crippen LogP contribution in [0.25, 0.3) is 0 Å². The molecule has 0 aliphatic rings. The summed E-state index contributed by atoms with van der Waals surface area (Å²) >= 11 is 0. The average Bonchev–Trinajstić information content (AvgIpc) is 2.41. The van der Waals surface area contributed by atoms with Crippen LogP contribution in [0.2, 0.25) is 0 Å². The summed E-state index contributed by atoms with van der Waals surface area (Å²) in [5.41, 5.74) is 5.48. The second-order valence-corrected chi connectivity index (χ2v) is 4.69. The van der Waals surface area contributed by atoms with E-state index in [0.29, 0.717) is 19.8 Å². The largest absolute Gasteiger partial charge is 0.478 e. The lowest BCUT2D eigenvalue weighted by molar-refractivity contribution is 0.0698. The van der Waals surface area contributed by atoms with Gasteiger partial charge in [-0.1, -0.05) is 0 Å². The molecule has 7 heteroatoms. The first-order valence-electron chi connectivity index (χ1n) is 6.49. The molecule has 0 amide bonds. The van der Waals surface area contributed by atoms with Crippen LogP contribution in [-0.4, -0.2) is 51.1 Å². The zero-order valence-corrected chi connectivity index (χ0v) is 12.4. The maximum atomic E-state index is 14.2. The fourth-order valence-electron chi connectivity index (χ4n) is 2.08. The van der Waals surface area contributed by atoms with Crippen molar-refractivity contribution in [1.82, 2.24) is 0 Å². The first-order chi connectivity index (χ1) is 9.92. The van der Waals surface area contributed by atoms with E-state index in [1.54, 1.807) is 19.1 Å². The average molecular weight is 300 g/mol. The lowest BCUT2D eigenvalue weighted by atomic mass is 10.1. The Morgan fingerprint density at radius 2 is 2.10 bits per heavy atom. The van der Waals surface area contributed by atoms with Crippen molar-refractivity contribution in [3.05, 3.63) is 23.5 Å². The van der Waals surface area contributed by atoms with Crippen molar-refractivity contribution in [2.75, 3.05) is 44.6 Å². The SMILES string of the molecule is COCCN(c1cc(C(=O)O)c(N)cc1F)C(C)COC. The Labute approximate surface area is 123 Å². The number of carboxylic acid groups (broad SMARTS) is 1. The van der Waals surface area contributed by atoms with Crippen LogP contribution in [0, 0.1) is 5.82 Å². The number of ether oxygens (including phenoxy) is 2. The summed E-state index contributed by atoms with van der Waals surface area (Å²) < 4.78 is 24.3. The number of halogens is 1. The number of nitrogens with zero attached hydrogens (tertiary/aromatic N) is 1. The zero-order chi connectivity index (χ0) is 16.0. The summed E-state index contributed by atoms with van der Waals surface area (Å²) in [5, 5.41) is 9.11. The van der Waals surface area contributed by atoms with Crippen LogP contribution in [-0.2, 0) is 9.47 Å². The smallest absolute Gasteiger partial charge is 0.337 e. The Kier molecular flexibility index (Phi) is 6.39. The molecule has 3 N–H and O–H groups in total. The number of carboxylic acids is 1. The van der Waals surface area contributed by atoms with E-state index in [2.05, 4.69) is 0 Å². The molecule has 0 fully saturated rings. The highest BCUT2D eigenvalue weighted by atomic mass is 19.1. The molecule has 1 rings (SSSR count). The summed E-state index contributed by atoms with van der Waals surface area (Å²) in [7, 11) is 3.09. The molecule has 118 valence electrons. The van der Waals surface area contributed by atoms with Crippen LogP contribution in [0.1, 0.15) is 17.3 Å². The summed E-state index contributed by atoms with van der Waals surface area (Å²) in [6, 6.07) is 2.12. The van der Waals surface area contributed by atoms with Gasteiger partial charge in [0.2, 0.25) is 0 Å². The molecule has 1 aromatic rings. The topological polar surface area (TPSA) is 85.0 Å². The lowest BCUT2D eigenvalue weighted by Crippen LogP contribution is -2.39. The molecule has 1 atom stereocenters. The Balaban J connectivity index is 3.22. The third-order valence-electron chi connectivity index (χ3n) is 3.14. The van der Waals surface area contributed by atoms with Crippen LogP contribution in [0.15, 0.2) is 12.1 Å². The van der Waals surface area contributed by atoms with Gasteiger partial charge in [-0.05, 0) is 19.1 Å². The first kappa shape index (κ1) is 17.2. The number of nitrogen functional groups attached to an aromatic ring is 1. The number of methoxy groups -OCH3 is 2. The molecule has 0 spiro atoms. The summed E-state index contributed by atoms with van der Waals surface area (Å²) in [6.45, 7) is 3.01. The van der Waals surface area contributed by atoms with Crippen LogP contribution < -0.4 is 10.6 Å². The van der Waals surface area contributed by atoms with Crippen molar-refractivity contribution in [3.8, 4) is 0 Å². The van der Waals surface area contributed by atoms with Gasteiger partial charge in [-0.15, -0.1) is 0 Å². The van der Waals surface area contributed by atoms with Crippen LogP contribution in [0.3, 0.4) is 0 Å². The van der Waals surface area contributed by atoms with Gasteiger partial charge in [-0.3, -0.25) is 0 Å². The third kappa shape index (κ3) is 4.30. The van der Waals surface area contributed by atoms with Crippen molar-refractivity contribution in [1.29, 1.82) is 0 Å². The molecule has 0 bridgehead atoms. The normalized spacial score (nSPS) is 12.2. The fourth-order valence-corrected chi connectivity index (χ4v) is 2.08. The quantitative estimate of drug-likeness (QED) is 0.709. The Hall–Kier alpha value is -1.86. The maximum Gasteiger partial charge on any atom is 0.337 e. The monoisotopic (exact) mass is 300 g/mol. The minimum atomic E-state index is -1.19. The van der Waals surface area contributed by atoms with Crippen molar-refractivity contribution in [2.45, 2.75) is 13.0 Å². The molecular weight excluding hydrogens is 279 g/mol. The number of benzene rings is 1. The van der Waals surface area contributed by atoms with Gasteiger partial charge < -0.3 is 25.2 Å². The molecule has 1 aromatic carbocycles. The van der Waals surface area contributed by atoms with Crippen molar-refractivity contribution in [3.63, 3.8) is 0 Å². The van der Waals surface area contributed by atoms with Crippen LogP contribution >= 0.6 is 0 Å². The van der Waals surface area contributed by atoms with Crippen molar-refractivity contribution in [2.24, 2.45) is 0 Å². The molecule has 0 saturated heterocycles. The van der Waals surface area contributed by atoms with Crippen LogP contribution in [0.4, 0.5) is 15.8 Å². The molecule has 1 unspecified atom stereocenters. The molecule has 0 aliphatic heterocycles. The molecule has 21 heavy (non-hydrogen) atoms. The summed E-state index contributed by atoms with van der Waals surface area (Å²) in [4.78, 5) is 12.8. The molecule has 0 saturated carbocycles. The van der Waals surface area contributed by atoms with E-state index in [4.69, 9.17) is 20.3 Å². The number of anilines is 2. The van der Waals surface area contributed by atoms with Gasteiger partial charge in [0.1, 0.15) is 5.82 Å². The van der Waals surface area contributed by atoms with E-state index < -0.39 is 11.8 Å². The second kappa shape index (κ2) is 7.80. The van der Waals surface area contributed by atoms with E-state index in [9.17, 15) is 9.18 Å². The van der Waals surface area contributed by atoms with E-state index in [1.807, 2.05) is 6.92 Å². The number of rotatable bonds is 8. The standard InChI is InChI=1S/C14H21FN2O4/c1-9(8-21-3)17(4-5-20-2)13-6-10(14(18)19)12(16)7-11(13)15/h6-7,9H,4-5,8,16H2,1-3H3,(H,18,19). The Morgan fingerprint density at radius 1 is 1.43 bits per heavy atom. The highest BCUT2D eigenvalue weighted by molar-refractivity contribution is 5.95. The van der Waals surface area contributed by atoms with Gasteiger partial charge in [0.15, 0.2) is 0 Å². The summed E-state index contributed by atoms with van der Waals surface area (Å²) in [5.74, 6) is -1.77. The molecule has 0 radical (unpaired) electrons. The van der Waals surface area contributed by atoms with E-state index in [-0.39, 0.29) is 23.0 Å². The Bertz CT molecular complexity index is 496. The predicted molar refractivity (Wildman–Crippen MR) is 78.3 cm³/mol. The van der Waals surface area contributed by atoms with Gasteiger partial charge in [0, 0.05) is 32.5 Å². The van der Waals surface area contributed by atoms with E-state index in [1.165, 1.54) is 6.07 Å². The van der Waals surface area contributed by atoms with Crippen molar-refractivity contribution >= 4 is 17.3 Å². The van der Waals surface area contributed by atoms with Gasteiger partial charge in [0.05, 0.1) is 24.5 Å². The lowest BCUT2D eigenvalue weighted by Gasteiger charge is -2.31. The predicted octanol–water partition coefficient (Wildman–Crippen LogP) is 1.59. The van der Waals surface area contributed by atoms with Gasteiger partial charge in [0.25, 0.3) is 0 Å². The number of hydrogen-bond acceptors (Lipinski definition) is 5. The number of nitrogens with two attached hydrogens (primary N) is 1. The minimum absolute atomic E-state index is 0.102. The van der Waals surface area contributed by atoms with Gasteiger partial charge in [-0.2, -0.15) is 0 Å². The second-order valence-electron chi connectivity index (χ2n) is 4.69.